The number of carbonyl (C=O) groups excluding carboxylic acids is 1. The summed E-state index contributed by atoms with van der Waals surface area (Å²) in [6.45, 7) is 14.1. The lowest BCUT2D eigenvalue weighted by Gasteiger charge is -2.17. The van der Waals surface area contributed by atoms with E-state index in [1.807, 2.05) is 58.9 Å². The average molecular weight is 369 g/mol. The van der Waals surface area contributed by atoms with Crippen molar-refractivity contribution in [2.45, 2.75) is 67.2 Å². The third-order valence-corrected chi connectivity index (χ3v) is 4.71. The fourth-order valence-electron chi connectivity index (χ4n) is 3.16. The molecule has 27 heavy (non-hydrogen) atoms. The number of pyridine rings is 1. The number of aromatic nitrogens is 1. The van der Waals surface area contributed by atoms with Crippen LogP contribution in [0.3, 0.4) is 0 Å². The number of aryl methyl sites for hydroxylation is 1. The second kappa shape index (κ2) is 8.12. The number of nitrogens with one attached hydrogen (secondary N) is 2. The highest BCUT2D eigenvalue weighted by molar-refractivity contribution is 5.91. The van der Waals surface area contributed by atoms with Gasteiger partial charge in [0.15, 0.2) is 5.43 Å². The van der Waals surface area contributed by atoms with Gasteiger partial charge in [-0.3, -0.25) is 9.59 Å². The molecule has 2 rings (SSSR count). The first-order valence-corrected chi connectivity index (χ1v) is 9.59. The molecule has 0 spiro atoms. The smallest absolute Gasteiger partial charge is 0.224 e. The molecule has 1 aromatic heterocycles. The van der Waals surface area contributed by atoms with Crippen molar-refractivity contribution in [3.63, 3.8) is 0 Å². The van der Waals surface area contributed by atoms with Crippen molar-refractivity contribution in [3.05, 3.63) is 62.6 Å². The van der Waals surface area contributed by atoms with E-state index in [1.54, 1.807) is 0 Å². The van der Waals surface area contributed by atoms with Gasteiger partial charge in [-0.05, 0) is 42.9 Å². The minimum absolute atomic E-state index is 0.0166. The lowest BCUT2D eigenvalue weighted by molar-refractivity contribution is -0.117. The predicted molar refractivity (Wildman–Crippen MR) is 113 cm³/mol. The molecule has 0 aliphatic heterocycles. The molecular weight excluding hydrogens is 336 g/mol. The first-order chi connectivity index (χ1) is 12.5. The van der Waals surface area contributed by atoms with Crippen molar-refractivity contribution in [2.24, 2.45) is 5.41 Å². The Morgan fingerprint density at radius 1 is 1.11 bits per heavy atom. The number of aromatic amines is 1. The number of benzene rings is 1. The minimum Gasteiger partial charge on any atom is -0.362 e. The highest BCUT2D eigenvalue weighted by Crippen LogP contribution is 2.22. The Bertz CT molecular complexity index is 869. The molecule has 4 heteroatoms. The van der Waals surface area contributed by atoms with Crippen molar-refractivity contribution >= 4 is 11.6 Å². The molecular formula is C23H32N2O2. The van der Waals surface area contributed by atoms with Crippen LogP contribution in [0.1, 0.15) is 75.0 Å². The Hall–Kier alpha value is -2.36. The SMILES string of the molecule is Cc1[nH]c(C(C)C)c(Cc2ccc(NC(=O)CC(C)(C)C)cc2)c(=O)c1C. The molecule has 146 valence electrons. The van der Waals surface area contributed by atoms with Crippen LogP contribution in [0.25, 0.3) is 0 Å². The fourth-order valence-corrected chi connectivity index (χ4v) is 3.16. The zero-order chi connectivity index (χ0) is 20.4. The first-order valence-electron chi connectivity index (χ1n) is 9.59. The van der Waals surface area contributed by atoms with Crippen molar-refractivity contribution in [1.82, 2.24) is 4.98 Å². The van der Waals surface area contributed by atoms with Gasteiger partial charge in [0, 0.05) is 41.0 Å². The van der Waals surface area contributed by atoms with E-state index in [0.29, 0.717) is 12.8 Å². The molecule has 1 heterocycles. The quantitative estimate of drug-likeness (QED) is 0.773. The van der Waals surface area contributed by atoms with Crippen LogP contribution in [0.2, 0.25) is 0 Å². The van der Waals surface area contributed by atoms with Gasteiger partial charge in [0.25, 0.3) is 0 Å². The molecule has 0 aliphatic rings. The van der Waals surface area contributed by atoms with Crippen LogP contribution < -0.4 is 10.7 Å². The first kappa shape index (κ1) is 20.9. The molecule has 0 atom stereocenters. The van der Waals surface area contributed by atoms with Gasteiger partial charge in [0.2, 0.25) is 5.91 Å². The lowest BCUT2D eigenvalue weighted by atomic mass is 9.92. The maximum Gasteiger partial charge on any atom is 0.224 e. The molecule has 2 N–H and O–H groups in total. The standard InChI is InChI=1S/C23H32N2O2/c1-14(2)21-19(22(27)15(3)16(4)24-21)12-17-8-10-18(11-9-17)25-20(26)13-23(5,6)7/h8-11,14H,12-13H2,1-7H3,(H,24,27)(H,25,26). The summed E-state index contributed by atoms with van der Waals surface area (Å²) >= 11 is 0. The summed E-state index contributed by atoms with van der Waals surface area (Å²) in [6, 6.07) is 7.76. The van der Waals surface area contributed by atoms with E-state index in [2.05, 4.69) is 24.1 Å². The molecule has 0 fully saturated rings. The summed E-state index contributed by atoms with van der Waals surface area (Å²) < 4.78 is 0. The number of amides is 1. The number of hydrogen-bond acceptors (Lipinski definition) is 2. The Balaban J connectivity index is 2.21. The van der Waals surface area contributed by atoms with Crippen LogP contribution in [0.5, 0.6) is 0 Å². The fraction of sp³-hybridized carbons (Fsp3) is 0.478. The Morgan fingerprint density at radius 3 is 2.22 bits per heavy atom. The van der Waals surface area contributed by atoms with Crippen LogP contribution in [-0.4, -0.2) is 10.9 Å². The highest BCUT2D eigenvalue weighted by Gasteiger charge is 2.17. The molecule has 4 nitrogen and oxygen atoms in total. The molecule has 1 amide bonds. The highest BCUT2D eigenvalue weighted by atomic mass is 16.1. The van der Waals surface area contributed by atoms with E-state index < -0.39 is 0 Å². The van der Waals surface area contributed by atoms with Gasteiger partial charge in [0.05, 0.1) is 0 Å². The predicted octanol–water partition coefficient (Wildman–Crippen LogP) is 5.08. The zero-order valence-electron chi connectivity index (χ0n) is 17.6. The second-order valence-corrected chi connectivity index (χ2v) is 8.91. The average Bonchev–Trinajstić information content (AvgIpc) is 2.54. The Kier molecular flexibility index (Phi) is 6.30. The van der Waals surface area contributed by atoms with Gasteiger partial charge in [-0.2, -0.15) is 0 Å². The van der Waals surface area contributed by atoms with E-state index >= 15 is 0 Å². The summed E-state index contributed by atoms with van der Waals surface area (Å²) in [7, 11) is 0. The van der Waals surface area contributed by atoms with Crippen molar-refractivity contribution < 1.29 is 4.79 Å². The molecule has 2 aromatic rings. The zero-order valence-corrected chi connectivity index (χ0v) is 17.6. The number of H-pyrrole nitrogens is 1. The number of hydrogen-bond donors (Lipinski definition) is 2. The molecule has 0 unspecified atom stereocenters. The van der Waals surface area contributed by atoms with Crippen molar-refractivity contribution in [2.75, 3.05) is 5.32 Å². The van der Waals surface area contributed by atoms with Gasteiger partial charge >= 0.3 is 0 Å². The van der Waals surface area contributed by atoms with E-state index in [4.69, 9.17) is 0 Å². The Labute approximate surface area is 162 Å². The number of anilines is 1. The lowest BCUT2D eigenvalue weighted by Crippen LogP contribution is -2.20. The van der Waals surface area contributed by atoms with Crippen LogP contribution in [0.15, 0.2) is 29.1 Å². The van der Waals surface area contributed by atoms with E-state index in [9.17, 15) is 9.59 Å². The van der Waals surface area contributed by atoms with E-state index in [1.165, 1.54) is 0 Å². The van der Waals surface area contributed by atoms with Gasteiger partial charge in [-0.1, -0.05) is 46.8 Å². The minimum atomic E-state index is -0.0401. The summed E-state index contributed by atoms with van der Waals surface area (Å²) in [4.78, 5) is 28.3. The summed E-state index contributed by atoms with van der Waals surface area (Å²) in [5, 5.41) is 2.94. The molecule has 0 saturated heterocycles. The van der Waals surface area contributed by atoms with Crippen LogP contribution >= 0.6 is 0 Å². The van der Waals surface area contributed by atoms with Crippen molar-refractivity contribution in [3.8, 4) is 0 Å². The molecule has 0 aliphatic carbocycles. The monoisotopic (exact) mass is 368 g/mol. The maximum atomic E-state index is 12.8. The largest absolute Gasteiger partial charge is 0.362 e. The number of rotatable bonds is 5. The third-order valence-electron chi connectivity index (χ3n) is 4.71. The van der Waals surface area contributed by atoms with Gasteiger partial charge in [-0.25, -0.2) is 0 Å². The molecule has 0 bridgehead atoms. The maximum absolute atomic E-state index is 12.8. The van der Waals surface area contributed by atoms with Gasteiger partial charge in [-0.15, -0.1) is 0 Å². The summed E-state index contributed by atoms with van der Waals surface area (Å²) in [5.41, 5.74) is 5.47. The summed E-state index contributed by atoms with van der Waals surface area (Å²) in [6.07, 6.45) is 1.06. The van der Waals surface area contributed by atoms with Crippen LogP contribution in [0.4, 0.5) is 5.69 Å². The van der Waals surface area contributed by atoms with E-state index in [0.717, 1.165) is 33.8 Å². The number of carbonyl (C=O) groups is 1. The van der Waals surface area contributed by atoms with Gasteiger partial charge < -0.3 is 10.3 Å². The third kappa shape index (κ3) is 5.56. The Morgan fingerprint density at radius 2 is 1.70 bits per heavy atom. The second-order valence-electron chi connectivity index (χ2n) is 8.91. The molecule has 0 radical (unpaired) electrons. The van der Waals surface area contributed by atoms with Crippen molar-refractivity contribution in [1.29, 1.82) is 0 Å². The normalized spacial score (nSPS) is 11.7. The van der Waals surface area contributed by atoms with E-state index in [-0.39, 0.29) is 22.7 Å². The molecule has 1 aromatic carbocycles. The molecule has 0 saturated carbocycles. The van der Waals surface area contributed by atoms with Crippen LogP contribution in [-0.2, 0) is 11.2 Å². The summed E-state index contributed by atoms with van der Waals surface area (Å²) in [5.74, 6) is 0.269. The topological polar surface area (TPSA) is 62.0 Å². The van der Waals surface area contributed by atoms with Crippen LogP contribution in [0, 0.1) is 19.3 Å². The van der Waals surface area contributed by atoms with Gasteiger partial charge in [0.1, 0.15) is 0 Å².